The first kappa shape index (κ1) is 24.5. The normalized spacial score (nSPS) is 26.9. The molecule has 0 bridgehead atoms. The van der Waals surface area contributed by atoms with Crippen molar-refractivity contribution in [3.8, 4) is 0 Å². The van der Waals surface area contributed by atoms with Crippen LogP contribution in [0.5, 0.6) is 0 Å². The molecule has 0 radical (unpaired) electrons. The summed E-state index contributed by atoms with van der Waals surface area (Å²) in [6.45, 7) is 0.828. The molecule has 0 aliphatic heterocycles. The monoisotopic (exact) mass is 464 g/mol. The molecule has 6 nitrogen and oxygen atoms in total. The Morgan fingerprint density at radius 3 is 1.26 bits per heavy atom. The van der Waals surface area contributed by atoms with Crippen molar-refractivity contribution in [3.05, 3.63) is 108 Å². The van der Waals surface area contributed by atoms with Gasteiger partial charge in [0, 0.05) is 7.11 Å². The van der Waals surface area contributed by atoms with Crippen LogP contribution in [0.1, 0.15) is 16.7 Å². The number of methoxy groups -OCH3 is 1. The van der Waals surface area contributed by atoms with Gasteiger partial charge < -0.3 is 29.2 Å². The van der Waals surface area contributed by atoms with E-state index in [1.807, 2.05) is 91.0 Å². The van der Waals surface area contributed by atoms with Crippen LogP contribution < -0.4 is 0 Å². The molecule has 0 aromatic heterocycles. The minimum absolute atomic E-state index is 0.247. The fourth-order valence-electron chi connectivity index (χ4n) is 4.31. The van der Waals surface area contributed by atoms with Crippen LogP contribution in [0.15, 0.2) is 91.0 Å². The molecule has 1 aliphatic carbocycles. The second kappa shape index (κ2) is 12.2. The van der Waals surface area contributed by atoms with E-state index in [4.69, 9.17) is 18.9 Å². The molecule has 4 rings (SSSR count). The molecule has 2 N–H and O–H groups in total. The zero-order chi connectivity index (χ0) is 23.8. The molecule has 180 valence electrons. The van der Waals surface area contributed by atoms with Crippen molar-refractivity contribution in [3.63, 3.8) is 0 Å². The van der Waals surface area contributed by atoms with Crippen molar-refractivity contribution < 1.29 is 29.2 Å². The molecule has 3 aromatic carbocycles. The van der Waals surface area contributed by atoms with Gasteiger partial charge in [-0.2, -0.15) is 0 Å². The summed E-state index contributed by atoms with van der Waals surface area (Å²) >= 11 is 0. The third-order valence-corrected chi connectivity index (χ3v) is 6.12. The van der Waals surface area contributed by atoms with Crippen molar-refractivity contribution in [2.24, 2.45) is 0 Å². The van der Waals surface area contributed by atoms with Gasteiger partial charge in [0.2, 0.25) is 0 Å². The largest absolute Gasteiger partial charge is 0.387 e. The third-order valence-electron chi connectivity index (χ3n) is 6.12. The van der Waals surface area contributed by atoms with E-state index < -0.39 is 36.6 Å². The number of hydrogen-bond acceptors (Lipinski definition) is 6. The van der Waals surface area contributed by atoms with Gasteiger partial charge in [-0.3, -0.25) is 0 Å². The lowest BCUT2D eigenvalue weighted by Gasteiger charge is -2.46. The minimum atomic E-state index is -1.12. The number of rotatable bonds is 10. The van der Waals surface area contributed by atoms with Gasteiger partial charge in [0.25, 0.3) is 0 Å². The molecule has 0 spiro atoms. The Bertz CT molecular complexity index is 968. The maximum Gasteiger partial charge on any atom is 0.115 e. The maximum absolute atomic E-state index is 11.3. The molecule has 0 saturated heterocycles. The molecule has 6 atom stereocenters. The smallest absolute Gasteiger partial charge is 0.115 e. The standard InChI is InChI=1S/C28H32O6/c1-31-26-23(29)25(32-17-20-11-5-2-6-12-20)24(30)27(33-18-21-13-7-3-8-14-21)28(26)34-19-22-15-9-4-10-16-22/h2-16,23-30H,17-19H2,1H3/t23-,24+,25-,26+,27+,28-/m1/s1. The van der Waals surface area contributed by atoms with Gasteiger partial charge in [-0.05, 0) is 16.7 Å². The van der Waals surface area contributed by atoms with Crippen molar-refractivity contribution in [1.29, 1.82) is 0 Å². The highest BCUT2D eigenvalue weighted by atomic mass is 16.6. The summed E-state index contributed by atoms with van der Waals surface area (Å²) in [5.74, 6) is 0. The van der Waals surface area contributed by atoms with Gasteiger partial charge in [0.1, 0.15) is 36.6 Å². The SMILES string of the molecule is CO[C@H]1[C@H](O)[C@@H](OCc2ccccc2)[C@H](O)[C@H](OCc2ccccc2)[C@@H]1OCc1ccccc1. The molecule has 1 saturated carbocycles. The second-order valence-corrected chi connectivity index (χ2v) is 8.47. The Kier molecular flexibility index (Phi) is 8.82. The van der Waals surface area contributed by atoms with E-state index in [1.54, 1.807) is 0 Å². The summed E-state index contributed by atoms with van der Waals surface area (Å²) in [6, 6.07) is 29.1. The topological polar surface area (TPSA) is 77.4 Å². The molecule has 1 aliphatic rings. The van der Waals surface area contributed by atoms with Crippen LogP contribution in [0.2, 0.25) is 0 Å². The lowest BCUT2D eigenvalue weighted by atomic mass is 9.84. The molecule has 0 amide bonds. The quantitative estimate of drug-likeness (QED) is 0.478. The van der Waals surface area contributed by atoms with Gasteiger partial charge in [0.05, 0.1) is 19.8 Å². The number of ether oxygens (including phenoxy) is 4. The van der Waals surface area contributed by atoms with Crippen LogP contribution in [0, 0.1) is 0 Å². The van der Waals surface area contributed by atoms with Crippen molar-refractivity contribution in [2.45, 2.75) is 56.4 Å². The highest BCUT2D eigenvalue weighted by Crippen LogP contribution is 2.31. The first-order valence-corrected chi connectivity index (χ1v) is 11.5. The number of aliphatic hydroxyl groups excluding tert-OH is 2. The summed E-state index contributed by atoms with van der Waals surface area (Å²) in [5, 5.41) is 22.4. The van der Waals surface area contributed by atoms with E-state index in [-0.39, 0.29) is 13.2 Å². The Hall–Kier alpha value is -2.58. The average Bonchev–Trinajstić information content (AvgIpc) is 2.88. The summed E-state index contributed by atoms with van der Waals surface area (Å²) in [5.41, 5.74) is 2.89. The van der Waals surface area contributed by atoms with Gasteiger partial charge >= 0.3 is 0 Å². The van der Waals surface area contributed by atoms with Gasteiger partial charge in [0.15, 0.2) is 0 Å². The van der Waals surface area contributed by atoms with Crippen molar-refractivity contribution in [2.75, 3.05) is 7.11 Å². The van der Waals surface area contributed by atoms with Crippen molar-refractivity contribution >= 4 is 0 Å². The maximum atomic E-state index is 11.3. The molecular weight excluding hydrogens is 432 g/mol. The molecule has 6 heteroatoms. The van der Waals surface area contributed by atoms with Crippen LogP contribution in [0.3, 0.4) is 0 Å². The molecule has 34 heavy (non-hydrogen) atoms. The summed E-state index contributed by atoms with van der Waals surface area (Å²) < 4.78 is 24.1. The summed E-state index contributed by atoms with van der Waals surface area (Å²) in [7, 11) is 1.52. The van der Waals surface area contributed by atoms with Crippen molar-refractivity contribution in [1.82, 2.24) is 0 Å². The van der Waals surface area contributed by atoms with E-state index in [2.05, 4.69) is 0 Å². The first-order valence-electron chi connectivity index (χ1n) is 11.5. The molecule has 0 unspecified atom stereocenters. The Morgan fingerprint density at radius 2 is 0.853 bits per heavy atom. The Balaban J connectivity index is 1.53. The van der Waals surface area contributed by atoms with Gasteiger partial charge in [-0.1, -0.05) is 91.0 Å². The van der Waals surface area contributed by atoms with Gasteiger partial charge in [-0.15, -0.1) is 0 Å². The fraction of sp³-hybridized carbons (Fsp3) is 0.357. The van der Waals surface area contributed by atoms with E-state index in [1.165, 1.54) is 7.11 Å². The molecule has 1 fully saturated rings. The molecule has 3 aromatic rings. The van der Waals surface area contributed by atoms with Crippen LogP contribution in [-0.2, 0) is 38.8 Å². The average molecular weight is 465 g/mol. The van der Waals surface area contributed by atoms with E-state index in [9.17, 15) is 10.2 Å². The first-order chi connectivity index (χ1) is 16.7. The Morgan fingerprint density at radius 1 is 0.500 bits per heavy atom. The molecule has 0 heterocycles. The summed E-state index contributed by atoms with van der Waals surface area (Å²) in [4.78, 5) is 0. The zero-order valence-corrected chi connectivity index (χ0v) is 19.3. The van der Waals surface area contributed by atoms with E-state index in [0.29, 0.717) is 6.61 Å². The van der Waals surface area contributed by atoms with Crippen LogP contribution in [0.25, 0.3) is 0 Å². The number of aliphatic hydroxyl groups is 2. The number of hydrogen-bond donors (Lipinski definition) is 2. The lowest BCUT2D eigenvalue weighted by molar-refractivity contribution is -0.267. The highest BCUT2D eigenvalue weighted by Gasteiger charge is 2.52. The summed E-state index contributed by atoms with van der Waals surface area (Å²) in [6.07, 6.45) is -5.32. The van der Waals surface area contributed by atoms with Crippen LogP contribution in [0.4, 0.5) is 0 Å². The van der Waals surface area contributed by atoms with Crippen LogP contribution in [-0.4, -0.2) is 53.9 Å². The predicted octanol–water partition coefficient (Wildman–Crippen LogP) is 3.49. The Labute approximate surface area is 200 Å². The minimum Gasteiger partial charge on any atom is -0.387 e. The molecular formula is C28H32O6. The third kappa shape index (κ3) is 6.10. The predicted molar refractivity (Wildman–Crippen MR) is 128 cm³/mol. The lowest BCUT2D eigenvalue weighted by Crippen LogP contribution is -2.66. The zero-order valence-electron chi connectivity index (χ0n) is 19.3. The highest BCUT2D eigenvalue weighted by molar-refractivity contribution is 5.16. The van der Waals surface area contributed by atoms with E-state index >= 15 is 0 Å². The second-order valence-electron chi connectivity index (χ2n) is 8.47. The number of benzene rings is 3. The van der Waals surface area contributed by atoms with Crippen LogP contribution >= 0.6 is 0 Å². The fourth-order valence-corrected chi connectivity index (χ4v) is 4.31. The van der Waals surface area contributed by atoms with Gasteiger partial charge in [-0.25, -0.2) is 0 Å². The van der Waals surface area contributed by atoms with E-state index in [0.717, 1.165) is 16.7 Å².